The Morgan fingerprint density at radius 2 is 1.65 bits per heavy atom. The summed E-state index contributed by atoms with van der Waals surface area (Å²) in [6, 6.07) is 18.4. The van der Waals surface area contributed by atoms with E-state index in [1.165, 1.54) is 18.9 Å². The van der Waals surface area contributed by atoms with Crippen molar-refractivity contribution in [1.29, 1.82) is 0 Å². The Balaban J connectivity index is 1.71. The predicted molar refractivity (Wildman–Crippen MR) is 99.1 cm³/mol. The molecule has 1 heterocycles. The molecular formula is C20H22O5S. The van der Waals surface area contributed by atoms with Crippen molar-refractivity contribution in [2.45, 2.75) is 41.7 Å². The molecule has 2 aromatic carbocycles. The van der Waals surface area contributed by atoms with E-state index in [1.54, 1.807) is 24.3 Å². The van der Waals surface area contributed by atoms with Crippen LogP contribution < -0.4 is 0 Å². The van der Waals surface area contributed by atoms with Crippen molar-refractivity contribution in [1.82, 2.24) is 0 Å². The normalized spacial score (nSPS) is 28.5. The maximum Gasteiger partial charge on any atom is 0.338 e. The van der Waals surface area contributed by atoms with Gasteiger partial charge in [-0.3, -0.25) is 0 Å². The van der Waals surface area contributed by atoms with Crippen LogP contribution in [0.25, 0.3) is 0 Å². The van der Waals surface area contributed by atoms with Gasteiger partial charge in [0.1, 0.15) is 17.6 Å². The molecule has 0 amide bonds. The van der Waals surface area contributed by atoms with Crippen molar-refractivity contribution >= 4 is 17.7 Å². The van der Waals surface area contributed by atoms with Crippen molar-refractivity contribution < 1.29 is 24.1 Å². The molecule has 5 nitrogen and oxygen atoms in total. The van der Waals surface area contributed by atoms with E-state index in [2.05, 4.69) is 0 Å². The van der Waals surface area contributed by atoms with Gasteiger partial charge in [-0.2, -0.15) is 0 Å². The van der Waals surface area contributed by atoms with Gasteiger partial charge < -0.3 is 19.3 Å². The molecule has 0 radical (unpaired) electrons. The molecule has 1 unspecified atom stereocenters. The quantitative estimate of drug-likeness (QED) is 0.812. The second-order valence-corrected chi connectivity index (χ2v) is 7.24. The minimum atomic E-state index is -0.935. The van der Waals surface area contributed by atoms with Crippen LogP contribution in [0.2, 0.25) is 0 Å². The summed E-state index contributed by atoms with van der Waals surface area (Å²) in [7, 11) is 1.50. The van der Waals surface area contributed by atoms with Crippen LogP contribution in [0.5, 0.6) is 0 Å². The van der Waals surface area contributed by atoms with Gasteiger partial charge in [-0.05, 0) is 31.2 Å². The Morgan fingerprint density at radius 1 is 1.04 bits per heavy atom. The molecule has 1 fully saturated rings. The van der Waals surface area contributed by atoms with Crippen LogP contribution in [0.4, 0.5) is 0 Å². The van der Waals surface area contributed by atoms with Crippen LogP contribution in [-0.2, 0) is 14.2 Å². The van der Waals surface area contributed by atoms with Crippen molar-refractivity contribution in [3.8, 4) is 0 Å². The number of rotatable bonds is 5. The summed E-state index contributed by atoms with van der Waals surface area (Å²) < 4.78 is 17.0. The molecule has 1 aliphatic rings. The first kappa shape index (κ1) is 18.9. The van der Waals surface area contributed by atoms with Crippen LogP contribution in [0.1, 0.15) is 17.3 Å². The average molecular weight is 374 g/mol. The third kappa shape index (κ3) is 4.27. The van der Waals surface area contributed by atoms with Gasteiger partial charge in [0.2, 0.25) is 0 Å². The molecule has 26 heavy (non-hydrogen) atoms. The first-order valence-electron chi connectivity index (χ1n) is 8.44. The highest BCUT2D eigenvalue weighted by Crippen LogP contribution is 2.35. The Bertz CT molecular complexity index is 709. The molecule has 1 N–H and O–H groups in total. The summed E-state index contributed by atoms with van der Waals surface area (Å²) in [6.07, 6.45) is -2.73. The second-order valence-electron chi connectivity index (χ2n) is 6.07. The number of thioether (sulfide) groups is 1. The fourth-order valence-electron chi connectivity index (χ4n) is 2.92. The minimum absolute atomic E-state index is 0.419. The molecule has 2 aromatic rings. The van der Waals surface area contributed by atoms with Gasteiger partial charge in [0.15, 0.2) is 6.10 Å². The minimum Gasteiger partial charge on any atom is -0.453 e. The van der Waals surface area contributed by atoms with Gasteiger partial charge >= 0.3 is 5.97 Å². The van der Waals surface area contributed by atoms with Crippen LogP contribution in [0.3, 0.4) is 0 Å². The standard InChI is InChI=1S/C20H22O5S/c1-13-17(25-19(22)14-9-5-3-6-10-14)18(23-2)16(21)20(24-13)26-15-11-7-4-8-12-15/h3-13,16-18,20-21H,1-2H3/t13-,16+,17-,18+,20?/m1/s1. The summed E-state index contributed by atoms with van der Waals surface area (Å²) in [5.74, 6) is -0.463. The van der Waals surface area contributed by atoms with Crippen molar-refractivity contribution in [2.24, 2.45) is 0 Å². The molecule has 5 atom stereocenters. The van der Waals surface area contributed by atoms with E-state index in [-0.39, 0.29) is 0 Å². The van der Waals surface area contributed by atoms with Gasteiger partial charge in [-0.1, -0.05) is 48.2 Å². The summed E-state index contributed by atoms with van der Waals surface area (Å²) in [4.78, 5) is 13.4. The number of benzene rings is 2. The van der Waals surface area contributed by atoms with Gasteiger partial charge in [0.25, 0.3) is 0 Å². The van der Waals surface area contributed by atoms with E-state index in [9.17, 15) is 9.90 Å². The second kappa shape index (κ2) is 8.68. The number of esters is 1. The monoisotopic (exact) mass is 374 g/mol. The number of aliphatic hydroxyl groups excluding tert-OH is 1. The largest absolute Gasteiger partial charge is 0.453 e. The zero-order valence-corrected chi connectivity index (χ0v) is 15.5. The summed E-state index contributed by atoms with van der Waals surface area (Å²) in [6.45, 7) is 1.82. The zero-order chi connectivity index (χ0) is 18.5. The molecule has 0 spiro atoms. The number of aliphatic hydroxyl groups is 1. The number of hydrogen-bond donors (Lipinski definition) is 1. The van der Waals surface area contributed by atoms with Crippen molar-refractivity contribution in [3.63, 3.8) is 0 Å². The highest BCUT2D eigenvalue weighted by Gasteiger charge is 2.46. The number of methoxy groups -OCH3 is 1. The molecular weight excluding hydrogens is 352 g/mol. The summed E-state index contributed by atoms with van der Waals surface area (Å²) in [5, 5.41) is 10.7. The van der Waals surface area contributed by atoms with Gasteiger partial charge in [0, 0.05) is 12.0 Å². The number of ether oxygens (including phenoxy) is 3. The van der Waals surface area contributed by atoms with Crippen LogP contribution in [-0.4, -0.2) is 48.0 Å². The van der Waals surface area contributed by atoms with Crippen LogP contribution in [0.15, 0.2) is 65.6 Å². The maximum atomic E-state index is 12.4. The van der Waals surface area contributed by atoms with Gasteiger partial charge in [-0.25, -0.2) is 4.79 Å². The summed E-state index contributed by atoms with van der Waals surface area (Å²) in [5.41, 5.74) is -0.0612. The molecule has 138 valence electrons. The lowest BCUT2D eigenvalue weighted by Gasteiger charge is -2.42. The molecule has 0 aliphatic carbocycles. The lowest BCUT2D eigenvalue weighted by Crippen LogP contribution is -2.57. The Morgan fingerprint density at radius 3 is 2.27 bits per heavy atom. The molecule has 0 aromatic heterocycles. The van der Waals surface area contributed by atoms with E-state index >= 15 is 0 Å². The molecule has 0 bridgehead atoms. The lowest BCUT2D eigenvalue weighted by molar-refractivity contribution is -0.201. The van der Waals surface area contributed by atoms with E-state index in [1.807, 2.05) is 43.3 Å². The maximum absolute atomic E-state index is 12.4. The fourth-order valence-corrected chi connectivity index (χ4v) is 4.03. The van der Waals surface area contributed by atoms with Gasteiger partial charge in [0.05, 0.1) is 11.7 Å². The highest BCUT2D eigenvalue weighted by molar-refractivity contribution is 7.99. The first-order valence-corrected chi connectivity index (χ1v) is 9.32. The Kier molecular flexibility index (Phi) is 6.32. The molecule has 1 saturated heterocycles. The Hall–Kier alpha value is -1.86. The molecule has 1 aliphatic heterocycles. The topological polar surface area (TPSA) is 65.0 Å². The van der Waals surface area contributed by atoms with Crippen LogP contribution in [0, 0.1) is 0 Å². The van der Waals surface area contributed by atoms with E-state index in [0.717, 1.165) is 4.90 Å². The SMILES string of the molecule is CO[C@@H]1[C@H](OC(=O)c2ccccc2)[C@@H](C)OC(Sc2ccccc2)[C@H]1O. The van der Waals surface area contributed by atoms with Crippen molar-refractivity contribution in [3.05, 3.63) is 66.2 Å². The highest BCUT2D eigenvalue weighted by atomic mass is 32.2. The smallest absolute Gasteiger partial charge is 0.338 e. The zero-order valence-electron chi connectivity index (χ0n) is 14.6. The average Bonchev–Trinajstić information content (AvgIpc) is 2.67. The summed E-state index contributed by atoms with van der Waals surface area (Å²) >= 11 is 1.42. The first-order chi connectivity index (χ1) is 12.6. The van der Waals surface area contributed by atoms with E-state index < -0.39 is 35.8 Å². The number of carbonyl (C=O) groups excluding carboxylic acids is 1. The predicted octanol–water partition coefficient (Wildman–Crippen LogP) is 3.13. The number of hydrogen-bond acceptors (Lipinski definition) is 6. The molecule has 3 rings (SSSR count). The number of carbonyl (C=O) groups is 1. The van der Waals surface area contributed by atoms with E-state index in [4.69, 9.17) is 14.2 Å². The third-order valence-electron chi connectivity index (χ3n) is 4.27. The molecule has 6 heteroatoms. The van der Waals surface area contributed by atoms with Crippen LogP contribution >= 0.6 is 11.8 Å². The molecule has 0 saturated carbocycles. The van der Waals surface area contributed by atoms with Gasteiger partial charge in [-0.15, -0.1) is 0 Å². The lowest BCUT2D eigenvalue weighted by atomic mass is 10.0. The van der Waals surface area contributed by atoms with Crippen molar-refractivity contribution in [2.75, 3.05) is 7.11 Å². The Labute approximate surface area is 157 Å². The fraction of sp³-hybridized carbons (Fsp3) is 0.350. The van der Waals surface area contributed by atoms with E-state index in [0.29, 0.717) is 5.56 Å². The third-order valence-corrected chi connectivity index (χ3v) is 5.44.